The molecule has 1 aromatic heterocycles. The number of hydrogen-bond donors (Lipinski definition) is 1. The van der Waals surface area contributed by atoms with E-state index in [4.69, 9.17) is 0 Å². The highest BCUT2D eigenvalue weighted by Gasteiger charge is 2.30. The summed E-state index contributed by atoms with van der Waals surface area (Å²) in [7, 11) is 2.03. The molecule has 2 aromatic rings. The highest BCUT2D eigenvalue weighted by molar-refractivity contribution is 7.10. The molecule has 1 aromatic carbocycles. The molecule has 0 saturated heterocycles. The minimum atomic E-state index is -0.233. The van der Waals surface area contributed by atoms with E-state index in [0.29, 0.717) is 6.04 Å². The van der Waals surface area contributed by atoms with Gasteiger partial charge < -0.3 is 5.32 Å². The highest BCUT2D eigenvalue weighted by atomic mass is 32.1. The Morgan fingerprint density at radius 1 is 1.32 bits per heavy atom. The van der Waals surface area contributed by atoms with Gasteiger partial charge in [0.1, 0.15) is 6.04 Å². The molecule has 3 nitrogen and oxygen atoms in total. The third kappa shape index (κ3) is 3.57. The molecule has 1 heterocycles. The number of carbonyl (C=O) groups is 1. The van der Waals surface area contributed by atoms with E-state index in [1.54, 1.807) is 11.3 Å². The van der Waals surface area contributed by atoms with E-state index in [0.717, 1.165) is 24.9 Å². The summed E-state index contributed by atoms with van der Waals surface area (Å²) in [5.41, 5.74) is 2.35. The van der Waals surface area contributed by atoms with Crippen LogP contribution in [-0.4, -0.2) is 23.9 Å². The van der Waals surface area contributed by atoms with Crippen LogP contribution >= 0.6 is 11.3 Å². The third-order valence-electron chi connectivity index (χ3n) is 4.09. The standard InChI is InChI=1S/C18H22N2OS/c1-13-10-11-22-16(13)12-20(2)17(14-6-4-3-5-7-14)18(21)19-15-8-9-15/h3-7,10-11,15,17H,8-9,12H2,1-2H3,(H,19,21). The average Bonchev–Trinajstić information content (AvgIpc) is 3.23. The van der Waals surface area contributed by atoms with E-state index in [-0.39, 0.29) is 11.9 Å². The van der Waals surface area contributed by atoms with Crippen LogP contribution in [0, 0.1) is 6.92 Å². The quantitative estimate of drug-likeness (QED) is 0.885. The van der Waals surface area contributed by atoms with Crippen LogP contribution in [0.15, 0.2) is 41.8 Å². The van der Waals surface area contributed by atoms with Crippen molar-refractivity contribution in [3.63, 3.8) is 0 Å². The molecule has 1 aliphatic rings. The van der Waals surface area contributed by atoms with Gasteiger partial charge in [0.15, 0.2) is 0 Å². The van der Waals surface area contributed by atoms with Crippen molar-refractivity contribution in [1.82, 2.24) is 10.2 Å². The first-order chi connectivity index (χ1) is 10.6. The zero-order chi connectivity index (χ0) is 15.5. The number of aryl methyl sites for hydroxylation is 1. The minimum absolute atomic E-state index is 0.116. The van der Waals surface area contributed by atoms with Crippen LogP contribution in [0.25, 0.3) is 0 Å². The van der Waals surface area contributed by atoms with Gasteiger partial charge in [0.05, 0.1) is 0 Å². The molecule has 0 spiro atoms. The van der Waals surface area contributed by atoms with E-state index >= 15 is 0 Å². The average molecular weight is 314 g/mol. The first-order valence-electron chi connectivity index (χ1n) is 7.73. The lowest BCUT2D eigenvalue weighted by Gasteiger charge is -2.27. The van der Waals surface area contributed by atoms with Gasteiger partial charge >= 0.3 is 0 Å². The Bertz CT molecular complexity index is 634. The monoisotopic (exact) mass is 314 g/mol. The fourth-order valence-corrected chi connectivity index (χ4v) is 3.60. The van der Waals surface area contributed by atoms with Gasteiger partial charge in [-0.05, 0) is 49.4 Å². The molecule has 1 atom stereocenters. The largest absolute Gasteiger partial charge is 0.352 e. The molecule has 1 saturated carbocycles. The Kier molecular flexibility index (Phi) is 4.60. The summed E-state index contributed by atoms with van der Waals surface area (Å²) in [6, 6.07) is 12.3. The van der Waals surface area contributed by atoms with Crippen molar-refractivity contribution in [2.75, 3.05) is 7.05 Å². The molecular weight excluding hydrogens is 292 g/mol. The van der Waals surface area contributed by atoms with Crippen LogP contribution in [0.4, 0.5) is 0 Å². The number of benzene rings is 1. The minimum Gasteiger partial charge on any atom is -0.352 e. The Hall–Kier alpha value is -1.65. The molecular formula is C18H22N2OS. The smallest absolute Gasteiger partial charge is 0.242 e. The van der Waals surface area contributed by atoms with Gasteiger partial charge in [-0.15, -0.1) is 11.3 Å². The summed E-state index contributed by atoms with van der Waals surface area (Å²) in [4.78, 5) is 16.2. The second-order valence-electron chi connectivity index (χ2n) is 6.04. The fraction of sp³-hybridized carbons (Fsp3) is 0.389. The number of thiophene rings is 1. The Labute approximate surface area is 136 Å². The van der Waals surface area contributed by atoms with Gasteiger partial charge in [-0.1, -0.05) is 30.3 Å². The lowest BCUT2D eigenvalue weighted by molar-refractivity contribution is -0.126. The number of nitrogens with one attached hydrogen (secondary N) is 1. The molecule has 116 valence electrons. The zero-order valence-corrected chi connectivity index (χ0v) is 13.9. The first-order valence-corrected chi connectivity index (χ1v) is 8.61. The predicted octanol–water partition coefficient (Wildman–Crippen LogP) is 3.51. The van der Waals surface area contributed by atoms with Crippen molar-refractivity contribution in [2.45, 2.75) is 38.4 Å². The molecule has 1 amide bonds. The van der Waals surface area contributed by atoms with Crippen LogP contribution in [0.1, 0.15) is 34.9 Å². The third-order valence-corrected chi connectivity index (χ3v) is 5.10. The summed E-state index contributed by atoms with van der Waals surface area (Å²) in [5.74, 6) is 0.116. The van der Waals surface area contributed by atoms with Gasteiger partial charge in [0.25, 0.3) is 0 Å². The summed E-state index contributed by atoms with van der Waals surface area (Å²) < 4.78 is 0. The van der Waals surface area contributed by atoms with Crippen LogP contribution in [0.3, 0.4) is 0 Å². The molecule has 1 fully saturated rings. The molecule has 1 N–H and O–H groups in total. The van der Waals surface area contributed by atoms with E-state index in [9.17, 15) is 4.79 Å². The van der Waals surface area contributed by atoms with Crippen molar-refractivity contribution in [3.8, 4) is 0 Å². The molecule has 0 aliphatic heterocycles. The van der Waals surface area contributed by atoms with Crippen molar-refractivity contribution < 1.29 is 4.79 Å². The second kappa shape index (κ2) is 6.63. The van der Waals surface area contributed by atoms with E-state index < -0.39 is 0 Å². The van der Waals surface area contributed by atoms with E-state index in [1.807, 2.05) is 37.4 Å². The number of likely N-dealkylation sites (N-methyl/N-ethyl adjacent to an activating group) is 1. The Morgan fingerprint density at radius 2 is 2.05 bits per heavy atom. The maximum atomic E-state index is 12.7. The van der Waals surface area contributed by atoms with Crippen molar-refractivity contribution in [3.05, 3.63) is 57.8 Å². The van der Waals surface area contributed by atoms with Gasteiger partial charge in [-0.25, -0.2) is 0 Å². The number of nitrogens with zero attached hydrogens (tertiary/aromatic N) is 1. The molecule has 3 rings (SSSR count). The number of carbonyl (C=O) groups excluding carboxylic acids is 1. The normalized spacial score (nSPS) is 15.8. The molecule has 4 heteroatoms. The van der Waals surface area contributed by atoms with Crippen LogP contribution < -0.4 is 5.32 Å². The SMILES string of the molecule is Cc1ccsc1CN(C)C(C(=O)NC1CC1)c1ccccc1. The van der Waals surface area contributed by atoms with Gasteiger partial charge in [0.2, 0.25) is 5.91 Å². The lowest BCUT2D eigenvalue weighted by atomic mass is 10.0. The summed E-state index contributed by atoms with van der Waals surface area (Å²) in [5, 5.41) is 5.26. The first kappa shape index (κ1) is 15.3. The number of rotatable bonds is 6. The van der Waals surface area contributed by atoms with Gasteiger partial charge in [-0.2, -0.15) is 0 Å². The predicted molar refractivity (Wildman–Crippen MR) is 90.9 cm³/mol. The maximum absolute atomic E-state index is 12.7. The Balaban J connectivity index is 1.80. The van der Waals surface area contributed by atoms with Gasteiger partial charge in [0, 0.05) is 17.5 Å². The number of amides is 1. The van der Waals surface area contributed by atoms with E-state index in [1.165, 1.54) is 10.4 Å². The van der Waals surface area contributed by atoms with Gasteiger partial charge in [-0.3, -0.25) is 9.69 Å². The molecule has 1 unspecified atom stereocenters. The van der Waals surface area contributed by atoms with Crippen molar-refractivity contribution in [2.24, 2.45) is 0 Å². The topological polar surface area (TPSA) is 32.3 Å². The molecule has 1 aliphatic carbocycles. The fourth-order valence-electron chi connectivity index (χ4n) is 2.63. The second-order valence-corrected chi connectivity index (χ2v) is 7.04. The summed E-state index contributed by atoms with van der Waals surface area (Å²) in [6.07, 6.45) is 2.22. The lowest BCUT2D eigenvalue weighted by Crippen LogP contribution is -2.39. The van der Waals surface area contributed by atoms with E-state index in [2.05, 4.69) is 28.6 Å². The van der Waals surface area contributed by atoms with Crippen molar-refractivity contribution >= 4 is 17.2 Å². The van der Waals surface area contributed by atoms with Crippen LogP contribution in [-0.2, 0) is 11.3 Å². The maximum Gasteiger partial charge on any atom is 0.242 e. The van der Waals surface area contributed by atoms with Crippen molar-refractivity contribution in [1.29, 1.82) is 0 Å². The summed E-state index contributed by atoms with van der Waals surface area (Å²) in [6.45, 7) is 2.92. The number of hydrogen-bond acceptors (Lipinski definition) is 3. The summed E-state index contributed by atoms with van der Waals surface area (Å²) >= 11 is 1.76. The Morgan fingerprint density at radius 3 is 2.64 bits per heavy atom. The highest BCUT2D eigenvalue weighted by Crippen LogP contribution is 2.27. The molecule has 0 bridgehead atoms. The van der Waals surface area contributed by atoms with Crippen LogP contribution in [0.2, 0.25) is 0 Å². The zero-order valence-electron chi connectivity index (χ0n) is 13.1. The van der Waals surface area contributed by atoms with Crippen LogP contribution in [0.5, 0.6) is 0 Å². The molecule has 0 radical (unpaired) electrons. The molecule has 22 heavy (non-hydrogen) atoms.